The first-order valence-electron chi connectivity index (χ1n) is 4.90. The molecular weight excluding hydrogens is 168 g/mol. The lowest BCUT2D eigenvalue weighted by Crippen LogP contribution is -2.44. The Morgan fingerprint density at radius 1 is 1.69 bits per heavy atom. The van der Waals surface area contributed by atoms with Crippen molar-refractivity contribution in [2.24, 2.45) is 5.73 Å². The highest BCUT2D eigenvalue weighted by atomic mass is 16.5. The van der Waals surface area contributed by atoms with E-state index in [9.17, 15) is 5.11 Å². The standard InChI is InChI=1S/C9H20N2O2/c1-11-4-5-13-7-8(11)6-9(12)2-3-10/h8-9,12H,2-7,10H2,1H3. The first-order chi connectivity index (χ1) is 6.24. The Morgan fingerprint density at radius 3 is 3.08 bits per heavy atom. The smallest absolute Gasteiger partial charge is 0.0623 e. The number of aliphatic hydroxyl groups is 1. The number of hydrogen-bond acceptors (Lipinski definition) is 4. The number of hydrogen-bond donors (Lipinski definition) is 2. The minimum atomic E-state index is -0.279. The van der Waals surface area contributed by atoms with Crippen molar-refractivity contribution < 1.29 is 9.84 Å². The van der Waals surface area contributed by atoms with Gasteiger partial charge in [0.25, 0.3) is 0 Å². The van der Waals surface area contributed by atoms with Crippen LogP contribution in [-0.2, 0) is 4.74 Å². The average Bonchev–Trinajstić information content (AvgIpc) is 2.09. The van der Waals surface area contributed by atoms with Crippen LogP contribution in [0.1, 0.15) is 12.8 Å². The molecule has 0 aliphatic carbocycles. The molecule has 3 N–H and O–H groups in total. The summed E-state index contributed by atoms with van der Waals surface area (Å²) in [6.07, 6.45) is 1.18. The number of ether oxygens (including phenoxy) is 1. The van der Waals surface area contributed by atoms with Crippen molar-refractivity contribution >= 4 is 0 Å². The predicted molar refractivity (Wildman–Crippen MR) is 51.5 cm³/mol. The maximum Gasteiger partial charge on any atom is 0.0623 e. The molecule has 0 amide bonds. The van der Waals surface area contributed by atoms with Crippen molar-refractivity contribution in [1.29, 1.82) is 0 Å². The van der Waals surface area contributed by atoms with Crippen LogP contribution >= 0.6 is 0 Å². The Morgan fingerprint density at radius 2 is 2.46 bits per heavy atom. The van der Waals surface area contributed by atoms with Crippen LogP contribution in [0.15, 0.2) is 0 Å². The molecule has 1 saturated heterocycles. The van der Waals surface area contributed by atoms with Crippen molar-refractivity contribution in [2.75, 3.05) is 33.4 Å². The monoisotopic (exact) mass is 188 g/mol. The molecule has 78 valence electrons. The summed E-state index contributed by atoms with van der Waals surface area (Å²) >= 11 is 0. The van der Waals surface area contributed by atoms with Crippen molar-refractivity contribution in [3.63, 3.8) is 0 Å². The van der Waals surface area contributed by atoms with E-state index in [0.717, 1.165) is 26.2 Å². The highest BCUT2D eigenvalue weighted by molar-refractivity contribution is 4.75. The van der Waals surface area contributed by atoms with Gasteiger partial charge in [-0.1, -0.05) is 0 Å². The summed E-state index contributed by atoms with van der Waals surface area (Å²) in [6.45, 7) is 3.05. The fourth-order valence-corrected chi connectivity index (χ4v) is 1.61. The molecular formula is C9H20N2O2. The highest BCUT2D eigenvalue weighted by Gasteiger charge is 2.21. The Balaban J connectivity index is 2.25. The second-order valence-corrected chi connectivity index (χ2v) is 3.68. The Hall–Kier alpha value is -0.160. The van der Waals surface area contributed by atoms with Gasteiger partial charge in [-0.15, -0.1) is 0 Å². The predicted octanol–water partition coefficient (Wildman–Crippen LogP) is -0.583. The van der Waals surface area contributed by atoms with E-state index in [1.807, 2.05) is 0 Å². The normalized spacial score (nSPS) is 27.5. The number of aliphatic hydroxyl groups excluding tert-OH is 1. The fraction of sp³-hybridized carbons (Fsp3) is 1.00. The molecule has 1 fully saturated rings. The van der Waals surface area contributed by atoms with Gasteiger partial charge >= 0.3 is 0 Å². The van der Waals surface area contributed by atoms with Gasteiger partial charge < -0.3 is 15.6 Å². The molecule has 13 heavy (non-hydrogen) atoms. The summed E-state index contributed by atoms with van der Waals surface area (Å²) in [5, 5.41) is 9.56. The third-order valence-electron chi connectivity index (χ3n) is 2.57. The first-order valence-corrected chi connectivity index (χ1v) is 4.90. The van der Waals surface area contributed by atoms with Crippen LogP contribution in [0, 0.1) is 0 Å². The van der Waals surface area contributed by atoms with E-state index in [1.165, 1.54) is 0 Å². The number of morpholine rings is 1. The lowest BCUT2D eigenvalue weighted by molar-refractivity contribution is -0.0143. The van der Waals surface area contributed by atoms with E-state index >= 15 is 0 Å². The number of likely N-dealkylation sites (N-methyl/N-ethyl adjacent to an activating group) is 1. The van der Waals surface area contributed by atoms with Gasteiger partial charge in [0.2, 0.25) is 0 Å². The highest BCUT2D eigenvalue weighted by Crippen LogP contribution is 2.11. The van der Waals surface area contributed by atoms with Crippen LogP contribution < -0.4 is 5.73 Å². The topological polar surface area (TPSA) is 58.7 Å². The van der Waals surface area contributed by atoms with Crippen LogP contribution in [0.2, 0.25) is 0 Å². The molecule has 0 aromatic carbocycles. The maximum absolute atomic E-state index is 9.56. The largest absolute Gasteiger partial charge is 0.393 e. The molecule has 0 spiro atoms. The van der Waals surface area contributed by atoms with Crippen molar-refractivity contribution in [2.45, 2.75) is 25.0 Å². The second-order valence-electron chi connectivity index (χ2n) is 3.68. The summed E-state index contributed by atoms with van der Waals surface area (Å²) in [6, 6.07) is 0.357. The van der Waals surface area contributed by atoms with E-state index < -0.39 is 0 Å². The van der Waals surface area contributed by atoms with E-state index in [1.54, 1.807) is 0 Å². The fourth-order valence-electron chi connectivity index (χ4n) is 1.61. The molecule has 1 aliphatic rings. The van der Waals surface area contributed by atoms with Crippen molar-refractivity contribution in [3.05, 3.63) is 0 Å². The van der Waals surface area contributed by atoms with E-state index in [4.69, 9.17) is 10.5 Å². The lowest BCUT2D eigenvalue weighted by atomic mass is 10.1. The number of nitrogens with zero attached hydrogens (tertiary/aromatic N) is 1. The molecule has 0 aromatic rings. The molecule has 2 atom stereocenters. The van der Waals surface area contributed by atoms with Gasteiger partial charge in [0, 0.05) is 12.6 Å². The molecule has 4 heteroatoms. The summed E-state index contributed by atoms with van der Waals surface area (Å²) in [4.78, 5) is 2.24. The van der Waals surface area contributed by atoms with Crippen LogP contribution in [0.5, 0.6) is 0 Å². The zero-order valence-electron chi connectivity index (χ0n) is 8.28. The molecule has 0 saturated carbocycles. The van der Waals surface area contributed by atoms with E-state index in [2.05, 4.69) is 11.9 Å². The molecule has 1 aliphatic heterocycles. The van der Waals surface area contributed by atoms with Crippen LogP contribution in [0.4, 0.5) is 0 Å². The zero-order valence-corrected chi connectivity index (χ0v) is 8.28. The number of nitrogens with two attached hydrogens (primary N) is 1. The zero-order chi connectivity index (χ0) is 9.68. The molecule has 4 nitrogen and oxygen atoms in total. The van der Waals surface area contributed by atoms with E-state index in [0.29, 0.717) is 19.0 Å². The van der Waals surface area contributed by atoms with Gasteiger partial charge in [0.1, 0.15) is 0 Å². The van der Waals surface area contributed by atoms with Gasteiger partial charge in [-0.25, -0.2) is 0 Å². The third kappa shape index (κ3) is 3.60. The van der Waals surface area contributed by atoms with E-state index in [-0.39, 0.29) is 6.10 Å². The van der Waals surface area contributed by atoms with Crippen molar-refractivity contribution in [1.82, 2.24) is 4.90 Å². The third-order valence-corrected chi connectivity index (χ3v) is 2.57. The van der Waals surface area contributed by atoms with Gasteiger partial charge in [-0.3, -0.25) is 4.90 Å². The minimum Gasteiger partial charge on any atom is -0.393 e. The second kappa shape index (κ2) is 5.54. The summed E-state index contributed by atoms with van der Waals surface area (Å²) in [7, 11) is 2.07. The summed E-state index contributed by atoms with van der Waals surface area (Å²) in [5.41, 5.74) is 5.36. The molecule has 2 unspecified atom stereocenters. The molecule has 1 rings (SSSR count). The molecule has 1 heterocycles. The number of rotatable bonds is 4. The van der Waals surface area contributed by atoms with Crippen LogP contribution in [0.3, 0.4) is 0 Å². The van der Waals surface area contributed by atoms with Crippen LogP contribution in [0.25, 0.3) is 0 Å². The van der Waals surface area contributed by atoms with Gasteiger partial charge in [-0.05, 0) is 26.4 Å². The average molecular weight is 188 g/mol. The van der Waals surface area contributed by atoms with Gasteiger partial charge in [-0.2, -0.15) is 0 Å². The van der Waals surface area contributed by atoms with Gasteiger partial charge in [0.15, 0.2) is 0 Å². The summed E-state index contributed by atoms with van der Waals surface area (Å²) in [5.74, 6) is 0. The molecule has 0 aromatic heterocycles. The Kier molecular flexibility index (Phi) is 4.66. The molecule has 0 radical (unpaired) electrons. The van der Waals surface area contributed by atoms with Gasteiger partial charge in [0.05, 0.1) is 19.3 Å². The molecule has 0 bridgehead atoms. The Labute approximate surface area is 79.7 Å². The van der Waals surface area contributed by atoms with Crippen LogP contribution in [-0.4, -0.2) is 55.5 Å². The minimum absolute atomic E-state index is 0.279. The lowest BCUT2D eigenvalue weighted by Gasteiger charge is -2.33. The maximum atomic E-state index is 9.56. The summed E-state index contributed by atoms with van der Waals surface area (Å²) < 4.78 is 5.35. The quantitative estimate of drug-likeness (QED) is 0.619. The SMILES string of the molecule is CN1CCOCC1CC(O)CCN. The Bertz CT molecular complexity index is 144. The van der Waals surface area contributed by atoms with Crippen molar-refractivity contribution in [3.8, 4) is 0 Å². The first kappa shape index (κ1) is 10.9.